The molecule has 4 nitrogen and oxygen atoms in total. The molecule has 0 spiro atoms. The van der Waals surface area contributed by atoms with Crippen LogP contribution in [0.1, 0.15) is 32.3 Å². The summed E-state index contributed by atoms with van der Waals surface area (Å²) in [6.45, 7) is 7.16. The zero-order valence-electron chi connectivity index (χ0n) is 13.8. The average Bonchev–Trinajstić information content (AvgIpc) is 2.54. The SMILES string of the molecule is CC(C)[C@H](N)C(=O)NC1CCN(CCc2ccccc2)CC1. The van der Waals surface area contributed by atoms with Gasteiger partial charge in [0.1, 0.15) is 0 Å². The van der Waals surface area contributed by atoms with Crippen molar-refractivity contribution in [1.29, 1.82) is 0 Å². The van der Waals surface area contributed by atoms with Crippen LogP contribution in [0.15, 0.2) is 30.3 Å². The van der Waals surface area contributed by atoms with Gasteiger partial charge in [-0.1, -0.05) is 44.2 Å². The lowest BCUT2D eigenvalue weighted by Gasteiger charge is -2.33. The molecule has 1 aromatic rings. The molecular weight excluding hydrogens is 274 g/mol. The number of hydrogen-bond acceptors (Lipinski definition) is 3. The van der Waals surface area contributed by atoms with Gasteiger partial charge in [0.25, 0.3) is 0 Å². The molecule has 0 saturated carbocycles. The third-order valence-corrected chi connectivity index (χ3v) is 4.51. The molecule has 0 bridgehead atoms. The summed E-state index contributed by atoms with van der Waals surface area (Å²) in [4.78, 5) is 14.5. The second kappa shape index (κ2) is 8.30. The van der Waals surface area contributed by atoms with Gasteiger partial charge in [-0.15, -0.1) is 0 Å². The van der Waals surface area contributed by atoms with Gasteiger partial charge in [-0.25, -0.2) is 0 Å². The summed E-state index contributed by atoms with van der Waals surface area (Å²) in [5.74, 6) is 0.184. The van der Waals surface area contributed by atoms with Crippen molar-refractivity contribution in [3.63, 3.8) is 0 Å². The molecule has 1 amide bonds. The van der Waals surface area contributed by atoms with Crippen LogP contribution in [0.25, 0.3) is 0 Å². The van der Waals surface area contributed by atoms with Gasteiger partial charge >= 0.3 is 0 Å². The van der Waals surface area contributed by atoms with Crippen molar-refractivity contribution in [1.82, 2.24) is 10.2 Å². The fourth-order valence-corrected chi connectivity index (χ4v) is 2.83. The second-order valence-electron chi connectivity index (χ2n) is 6.63. The minimum atomic E-state index is -0.392. The van der Waals surface area contributed by atoms with Crippen molar-refractivity contribution in [2.24, 2.45) is 11.7 Å². The van der Waals surface area contributed by atoms with Crippen LogP contribution < -0.4 is 11.1 Å². The third-order valence-electron chi connectivity index (χ3n) is 4.51. The number of carbonyl (C=O) groups is 1. The number of nitrogens with two attached hydrogens (primary N) is 1. The summed E-state index contributed by atoms with van der Waals surface area (Å²) in [6.07, 6.45) is 3.13. The van der Waals surface area contributed by atoms with E-state index < -0.39 is 6.04 Å². The van der Waals surface area contributed by atoms with Gasteiger partial charge < -0.3 is 16.0 Å². The molecule has 1 heterocycles. The third kappa shape index (κ3) is 5.11. The molecule has 2 rings (SSSR count). The molecule has 22 heavy (non-hydrogen) atoms. The summed E-state index contributed by atoms with van der Waals surface area (Å²) in [5, 5.41) is 3.10. The monoisotopic (exact) mass is 303 g/mol. The molecule has 1 atom stereocenters. The van der Waals surface area contributed by atoms with Gasteiger partial charge in [0.15, 0.2) is 0 Å². The van der Waals surface area contributed by atoms with E-state index >= 15 is 0 Å². The van der Waals surface area contributed by atoms with E-state index in [0.29, 0.717) is 0 Å². The molecule has 1 saturated heterocycles. The molecule has 1 aromatic carbocycles. The van der Waals surface area contributed by atoms with Crippen LogP contribution in [0.4, 0.5) is 0 Å². The Hall–Kier alpha value is -1.39. The fraction of sp³-hybridized carbons (Fsp3) is 0.611. The highest BCUT2D eigenvalue weighted by atomic mass is 16.2. The predicted octanol–water partition coefficient (Wildman–Crippen LogP) is 1.79. The van der Waals surface area contributed by atoms with E-state index in [1.54, 1.807) is 0 Å². The van der Waals surface area contributed by atoms with Crippen LogP contribution >= 0.6 is 0 Å². The molecule has 0 radical (unpaired) electrons. The number of carbonyl (C=O) groups excluding carboxylic acids is 1. The zero-order chi connectivity index (χ0) is 15.9. The molecule has 122 valence electrons. The Morgan fingerprint density at radius 3 is 2.50 bits per heavy atom. The number of likely N-dealkylation sites (tertiary alicyclic amines) is 1. The topological polar surface area (TPSA) is 58.4 Å². The summed E-state index contributed by atoms with van der Waals surface area (Å²) in [7, 11) is 0. The first-order valence-corrected chi connectivity index (χ1v) is 8.38. The first-order valence-electron chi connectivity index (χ1n) is 8.38. The Bertz CT molecular complexity index is 453. The highest BCUT2D eigenvalue weighted by Gasteiger charge is 2.24. The molecule has 4 heteroatoms. The molecule has 3 N–H and O–H groups in total. The van der Waals surface area contributed by atoms with Crippen LogP contribution in [-0.2, 0) is 11.2 Å². The summed E-state index contributed by atoms with van der Waals surface area (Å²) >= 11 is 0. The number of rotatable bonds is 6. The lowest BCUT2D eigenvalue weighted by atomic mass is 10.0. The lowest BCUT2D eigenvalue weighted by Crippen LogP contribution is -2.51. The van der Waals surface area contributed by atoms with Crippen LogP contribution in [-0.4, -0.2) is 42.5 Å². The molecular formula is C18H29N3O. The van der Waals surface area contributed by atoms with Crippen molar-refractivity contribution in [2.45, 2.75) is 45.2 Å². The van der Waals surface area contributed by atoms with Gasteiger partial charge in [0.05, 0.1) is 6.04 Å². The summed E-state index contributed by atoms with van der Waals surface area (Å²) in [6, 6.07) is 10.5. The summed E-state index contributed by atoms with van der Waals surface area (Å²) < 4.78 is 0. The first-order chi connectivity index (χ1) is 10.6. The molecule has 0 unspecified atom stereocenters. The standard InChI is InChI=1S/C18H29N3O/c1-14(2)17(19)18(22)20-16-9-12-21(13-10-16)11-8-15-6-4-3-5-7-15/h3-7,14,16-17H,8-13,19H2,1-2H3,(H,20,22)/t17-/m0/s1. The minimum Gasteiger partial charge on any atom is -0.352 e. The van der Waals surface area contributed by atoms with E-state index in [4.69, 9.17) is 5.73 Å². The summed E-state index contributed by atoms with van der Waals surface area (Å²) in [5.41, 5.74) is 7.28. The van der Waals surface area contributed by atoms with Crippen LogP contribution in [0.3, 0.4) is 0 Å². The van der Waals surface area contributed by atoms with Crippen molar-refractivity contribution in [3.8, 4) is 0 Å². The maximum atomic E-state index is 12.0. The quantitative estimate of drug-likeness (QED) is 0.842. The second-order valence-corrected chi connectivity index (χ2v) is 6.63. The maximum absolute atomic E-state index is 12.0. The van der Waals surface area contributed by atoms with Gasteiger partial charge in [0.2, 0.25) is 5.91 Å². The Kier molecular flexibility index (Phi) is 6.40. The molecule has 1 aliphatic rings. The highest BCUT2D eigenvalue weighted by Crippen LogP contribution is 2.12. The zero-order valence-corrected chi connectivity index (χ0v) is 13.8. The molecule has 1 fully saturated rings. The Labute approximate surface area is 134 Å². The number of benzene rings is 1. The average molecular weight is 303 g/mol. The van der Waals surface area contributed by atoms with Crippen LogP contribution in [0, 0.1) is 5.92 Å². The van der Waals surface area contributed by atoms with Gasteiger partial charge in [-0.2, -0.15) is 0 Å². The Balaban J connectivity index is 1.68. The van der Waals surface area contributed by atoms with E-state index in [1.807, 2.05) is 13.8 Å². The highest BCUT2D eigenvalue weighted by molar-refractivity contribution is 5.82. The fourth-order valence-electron chi connectivity index (χ4n) is 2.83. The van der Waals surface area contributed by atoms with Crippen molar-refractivity contribution < 1.29 is 4.79 Å². The number of amides is 1. The van der Waals surface area contributed by atoms with Crippen molar-refractivity contribution in [3.05, 3.63) is 35.9 Å². The number of nitrogens with one attached hydrogen (secondary N) is 1. The van der Waals surface area contributed by atoms with E-state index in [-0.39, 0.29) is 17.9 Å². The Morgan fingerprint density at radius 2 is 1.91 bits per heavy atom. The molecule has 1 aliphatic heterocycles. The first kappa shape index (κ1) is 17.0. The lowest BCUT2D eigenvalue weighted by molar-refractivity contribution is -0.124. The largest absolute Gasteiger partial charge is 0.352 e. The van der Waals surface area contributed by atoms with Gasteiger partial charge in [0, 0.05) is 25.7 Å². The van der Waals surface area contributed by atoms with E-state index in [0.717, 1.165) is 38.9 Å². The number of hydrogen-bond donors (Lipinski definition) is 2. The predicted molar refractivity (Wildman–Crippen MR) is 90.6 cm³/mol. The van der Waals surface area contributed by atoms with E-state index in [9.17, 15) is 4.79 Å². The van der Waals surface area contributed by atoms with Gasteiger partial charge in [-0.3, -0.25) is 4.79 Å². The normalized spacial score (nSPS) is 18.4. The maximum Gasteiger partial charge on any atom is 0.237 e. The van der Waals surface area contributed by atoms with Crippen LogP contribution in [0.5, 0.6) is 0 Å². The van der Waals surface area contributed by atoms with Crippen molar-refractivity contribution in [2.75, 3.05) is 19.6 Å². The van der Waals surface area contributed by atoms with Crippen LogP contribution in [0.2, 0.25) is 0 Å². The smallest absolute Gasteiger partial charge is 0.237 e. The van der Waals surface area contributed by atoms with Gasteiger partial charge in [-0.05, 0) is 30.7 Å². The van der Waals surface area contributed by atoms with Crippen molar-refractivity contribution >= 4 is 5.91 Å². The van der Waals surface area contributed by atoms with E-state index in [2.05, 4.69) is 40.5 Å². The minimum absolute atomic E-state index is 0.00210. The number of piperidine rings is 1. The van der Waals surface area contributed by atoms with E-state index in [1.165, 1.54) is 5.56 Å². The molecule has 0 aromatic heterocycles. The number of nitrogens with zero attached hydrogens (tertiary/aromatic N) is 1. The Morgan fingerprint density at radius 1 is 1.27 bits per heavy atom. The molecule has 0 aliphatic carbocycles.